The number of rotatable bonds is 4. The second-order valence-corrected chi connectivity index (χ2v) is 6.27. The van der Waals surface area contributed by atoms with Crippen LogP contribution in [0.3, 0.4) is 0 Å². The van der Waals surface area contributed by atoms with Crippen LogP contribution in [0.4, 0.5) is 0 Å². The highest BCUT2D eigenvalue weighted by Gasteiger charge is 2.28. The predicted octanol–water partition coefficient (Wildman–Crippen LogP) is 2.50. The first-order chi connectivity index (χ1) is 10.1. The molecule has 1 fully saturated rings. The van der Waals surface area contributed by atoms with E-state index in [2.05, 4.69) is 0 Å². The normalized spacial score (nSPS) is 18.4. The third-order valence-electron chi connectivity index (χ3n) is 3.75. The van der Waals surface area contributed by atoms with Crippen molar-refractivity contribution in [2.24, 2.45) is 5.92 Å². The monoisotopic (exact) mass is 307 g/mol. The molecule has 1 aliphatic rings. The maximum absolute atomic E-state index is 12.3. The molecule has 114 valence electrons. The molecule has 0 N–H and O–H groups in total. The van der Waals surface area contributed by atoms with Gasteiger partial charge in [0, 0.05) is 18.0 Å². The van der Waals surface area contributed by atoms with Crippen molar-refractivity contribution in [2.75, 3.05) is 26.0 Å². The summed E-state index contributed by atoms with van der Waals surface area (Å²) in [4.78, 5) is 26.8. The molecule has 2 rings (SSSR count). The molecule has 0 unspecified atom stereocenters. The third-order valence-corrected chi connectivity index (χ3v) is 4.91. The van der Waals surface area contributed by atoms with Gasteiger partial charge in [-0.15, -0.1) is 11.8 Å². The van der Waals surface area contributed by atoms with Crippen LogP contribution in [-0.2, 0) is 14.3 Å². The Morgan fingerprint density at radius 1 is 1.38 bits per heavy atom. The summed E-state index contributed by atoms with van der Waals surface area (Å²) in [5.41, 5.74) is 1.18. The number of aryl methyl sites for hydroxylation is 1. The Kier molecular flexibility index (Phi) is 5.67. The number of hydrogen-bond acceptors (Lipinski definition) is 4. The van der Waals surface area contributed by atoms with Crippen LogP contribution in [0.25, 0.3) is 0 Å². The molecule has 1 amide bonds. The number of benzene rings is 1. The number of nitrogens with zero attached hydrogens (tertiary/aromatic N) is 1. The number of hydrogen-bond donors (Lipinski definition) is 0. The number of ether oxygens (including phenoxy) is 1. The first-order valence-electron chi connectivity index (χ1n) is 7.16. The van der Waals surface area contributed by atoms with Crippen molar-refractivity contribution < 1.29 is 14.3 Å². The lowest BCUT2D eigenvalue weighted by molar-refractivity contribution is -0.148. The SMILES string of the molecule is COC(=O)[C@H]1CCCN(C(=O)CSc2ccccc2C)C1. The van der Waals surface area contributed by atoms with Gasteiger partial charge >= 0.3 is 5.97 Å². The molecule has 5 heteroatoms. The lowest BCUT2D eigenvalue weighted by Crippen LogP contribution is -2.43. The van der Waals surface area contributed by atoms with E-state index in [1.54, 1.807) is 16.7 Å². The van der Waals surface area contributed by atoms with Crippen molar-refractivity contribution >= 4 is 23.6 Å². The molecule has 1 aliphatic heterocycles. The van der Waals surface area contributed by atoms with Gasteiger partial charge in [0.05, 0.1) is 18.8 Å². The lowest BCUT2D eigenvalue weighted by atomic mass is 9.98. The van der Waals surface area contributed by atoms with Gasteiger partial charge in [0.15, 0.2) is 0 Å². The van der Waals surface area contributed by atoms with E-state index in [1.807, 2.05) is 31.2 Å². The fourth-order valence-electron chi connectivity index (χ4n) is 2.51. The largest absolute Gasteiger partial charge is 0.469 e. The van der Waals surface area contributed by atoms with Crippen LogP contribution in [-0.4, -0.2) is 42.7 Å². The van der Waals surface area contributed by atoms with Gasteiger partial charge in [0.1, 0.15) is 0 Å². The van der Waals surface area contributed by atoms with Gasteiger partial charge in [-0.2, -0.15) is 0 Å². The minimum Gasteiger partial charge on any atom is -0.469 e. The Bertz CT molecular complexity index is 518. The summed E-state index contributed by atoms with van der Waals surface area (Å²) in [6, 6.07) is 8.04. The Hall–Kier alpha value is -1.49. The molecule has 1 heterocycles. The number of thioether (sulfide) groups is 1. The van der Waals surface area contributed by atoms with Crippen molar-refractivity contribution in [3.8, 4) is 0 Å². The predicted molar refractivity (Wildman–Crippen MR) is 83.2 cm³/mol. The van der Waals surface area contributed by atoms with Gasteiger partial charge in [0.25, 0.3) is 0 Å². The van der Waals surface area contributed by atoms with E-state index in [9.17, 15) is 9.59 Å². The zero-order valence-electron chi connectivity index (χ0n) is 12.5. The number of carbonyl (C=O) groups excluding carboxylic acids is 2. The zero-order chi connectivity index (χ0) is 15.2. The first-order valence-corrected chi connectivity index (χ1v) is 8.14. The molecule has 0 bridgehead atoms. The van der Waals surface area contributed by atoms with Gasteiger partial charge in [-0.05, 0) is 31.4 Å². The minimum absolute atomic E-state index is 0.0943. The van der Waals surface area contributed by atoms with Crippen molar-refractivity contribution in [3.05, 3.63) is 29.8 Å². The summed E-state index contributed by atoms with van der Waals surface area (Å²) in [5, 5.41) is 0. The molecule has 0 saturated carbocycles. The summed E-state index contributed by atoms with van der Waals surface area (Å²) < 4.78 is 4.78. The van der Waals surface area contributed by atoms with Crippen molar-refractivity contribution in [1.29, 1.82) is 0 Å². The molecule has 21 heavy (non-hydrogen) atoms. The quantitative estimate of drug-likeness (QED) is 0.633. The van der Waals surface area contributed by atoms with Crippen molar-refractivity contribution in [2.45, 2.75) is 24.7 Å². The molecule has 1 aromatic carbocycles. The molecular weight excluding hydrogens is 286 g/mol. The maximum atomic E-state index is 12.3. The Balaban J connectivity index is 1.88. The van der Waals surface area contributed by atoms with E-state index >= 15 is 0 Å². The van der Waals surface area contributed by atoms with Crippen LogP contribution in [0.1, 0.15) is 18.4 Å². The van der Waals surface area contributed by atoms with Crippen LogP contribution in [0.15, 0.2) is 29.2 Å². The second kappa shape index (κ2) is 7.50. The second-order valence-electron chi connectivity index (χ2n) is 5.26. The third kappa shape index (κ3) is 4.24. The fourth-order valence-corrected chi connectivity index (χ4v) is 3.44. The van der Waals surface area contributed by atoms with E-state index in [1.165, 1.54) is 12.7 Å². The van der Waals surface area contributed by atoms with Gasteiger partial charge in [-0.3, -0.25) is 9.59 Å². The highest BCUT2D eigenvalue weighted by molar-refractivity contribution is 8.00. The maximum Gasteiger partial charge on any atom is 0.310 e. The van der Waals surface area contributed by atoms with E-state index in [4.69, 9.17) is 4.74 Å². The van der Waals surface area contributed by atoms with Crippen LogP contribution < -0.4 is 0 Å². The highest BCUT2D eigenvalue weighted by Crippen LogP contribution is 2.24. The number of amides is 1. The van der Waals surface area contributed by atoms with Gasteiger partial charge in [0.2, 0.25) is 5.91 Å². The van der Waals surface area contributed by atoms with Gasteiger partial charge in [-0.1, -0.05) is 18.2 Å². The highest BCUT2D eigenvalue weighted by atomic mass is 32.2. The van der Waals surface area contributed by atoms with Crippen molar-refractivity contribution in [1.82, 2.24) is 4.90 Å². The van der Waals surface area contributed by atoms with Crippen LogP contribution in [0, 0.1) is 12.8 Å². The Labute approximate surface area is 129 Å². The number of esters is 1. The van der Waals surface area contributed by atoms with Crippen LogP contribution >= 0.6 is 11.8 Å². The van der Waals surface area contributed by atoms with Gasteiger partial charge < -0.3 is 9.64 Å². The van der Waals surface area contributed by atoms with E-state index in [0.29, 0.717) is 12.3 Å². The smallest absolute Gasteiger partial charge is 0.310 e. The van der Waals surface area contributed by atoms with E-state index < -0.39 is 0 Å². The van der Waals surface area contributed by atoms with Crippen LogP contribution in [0.2, 0.25) is 0 Å². The molecule has 0 aromatic heterocycles. The van der Waals surface area contributed by atoms with E-state index in [-0.39, 0.29) is 17.8 Å². The van der Waals surface area contributed by atoms with Gasteiger partial charge in [-0.25, -0.2) is 0 Å². The zero-order valence-corrected chi connectivity index (χ0v) is 13.3. The summed E-state index contributed by atoms with van der Waals surface area (Å²) >= 11 is 1.56. The Morgan fingerprint density at radius 2 is 2.14 bits per heavy atom. The summed E-state index contributed by atoms with van der Waals surface area (Å²) in [6.45, 7) is 3.27. The number of carbonyl (C=O) groups is 2. The summed E-state index contributed by atoms with van der Waals surface area (Å²) in [6.07, 6.45) is 1.67. The first kappa shape index (κ1) is 15.9. The molecule has 4 nitrogen and oxygen atoms in total. The topological polar surface area (TPSA) is 46.6 Å². The molecule has 0 aliphatic carbocycles. The van der Waals surface area contributed by atoms with Crippen LogP contribution in [0.5, 0.6) is 0 Å². The Morgan fingerprint density at radius 3 is 2.86 bits per heavy atom. The number of methoxy groups -OCH3 is 1. The molecule has 1 saturated heterocycles. The van der Waals surface area contributed by atoms with Crippen molar-refractivity contribution in [3.63, 3.8) is 0 Å². The number of piperidine rings is 1. The standard InChI is InChI=1S/C16H21NO3S/c1-12-6-3-4-8-14(12)21-11-15(18)17-9-5-7-13(10-17)16(19)20-2/h3-4,6,8,13H,5,7,9-11H2,1-2H3/t13-/m0/s1. The molecule has 0 spiro atoms. The van der Waals surface area contributed by atoms with E-state index in [0.717, 1.165) is 24.3 Å². The average molecular weight is 307 g/mol. The summed E-state index contributed by atoms with van der Waals surface area (Å²) in [7, 11) is 1.40. The number of likely N-dealkylation sites (tertiary alicyclic amines) is 1. The molecule has 1 atom stereocenters. The fraction of sp³-hybridized carbons (Fsp3) is 0.500. The average Bonchev–Trinajstić information content (AvgIpc) is 2.53. The lowest BCUT2D eigenvalue weighted by Gasteiger charge is -2.31. The minimum atomic E-state index is -0.209. The molecule has 1 aromatic rings. The molecular formula is C16H21NO3S. The summed E-state index contributed by atoms with van der Waals surface area (Å²) in [5.74, 6) is 0.130. The molecule has 0 radical (unpaired) electrons.